The number of aromatic hydroxyl groups is 1. The van der Waals surface area contributed by atoms with Crippen molar-refractivity contribution in [2.45, 2.75) is 45.4 Å². The summed E-state index contributed by atoms with van der Waals surface area (Å²) in [7, 11) is 1.62. The molecule has 0 radical (unpaired) electrons. The number of phenols is 1. The molecular formula is C30H34ClNO6S. The fourth-order valence-electron chi connectivity index (χ4n) is 5.20. The number of nitrogens with one attached hydrogen (secondary N) is 1. The topological polar surface area (TPSA) is 94.1 Å². The van der Waals surface area contributed by atoms with Crippen LogP contribution in [-0.2, 0) is 14.3 Å². The van der Waals surface area contributed by atoms with Crippen LogP contribution in [0.4, 0.5) is 0 Å². The molecule has 4 rings (SSSR count). The molecule has 7 nitrogen and oxygen atoms in total. The van der Waals surface area contributed by atoms with Crippen LogP contribution in [0.3, 0.4) is 0 Å². The number of methoxy groups -OCH3 is 1. The van der Waals surface area contributed by atoms with Crippen LogP contribution >= 0.6 is 23.4 Å². The third kappa shape index (κ3) is 6.23. The van der Waals surface area contributed by atoms with E-state index in [-0.39, 0.29) is 34.8 Å². The van der Waals surface area contributed by atoms with Gasteiger partial charge < -0.3 is 24.6 Å². The number of benzene rings is 2. The Labute approximate surface area is 238 Å². The van der Waals surface area contributed by atoms with E-state index in [1.54, 1.807) is 37.9 Å². The number of halogens is 1. The largest absolute Gasteiger partial charge is 0.503 e. The standard InChI is InChI=1S/C30H34ClNO6S/c1-5-37-25-16-20(13-22(31)29(25)34)27-26(30(35)38-11-12-39-6-2)17(3)32-23-14-19(15-24(33)28(23)27)18-7-9-21(36-4)10-8-18/h7-10,13,16,19,27,32,34H,5-6,11-12,14-15H2,1-4H3/t19-,27+/m1/s1. The first-order valence-electron chi connectivity index (χ1n) is 13.1. The highest BCUT2D eigenvalue weighted by Gasteiger charge is 2.42. The number of hydrogen-bond donors (Lipinski definition) is 2. The number of esters is 1. The molecule has 2 N–H and O–H groups in total. The van der Waals surface area contributed by atoms with Gasteiger partial charge in [-0.25, -0.2) is 4.79 Å². The minimum Gasteiger partial charge on any atom is -0.503 e. The fourth-order valence-corrected chi connectivity index (χ4v) is 5.91. The molecule has 39 heavy (non-hydrogen) atoms. The third-order valence-corrected chi connectivity index (χ3v) is 8.14. The van der Waals surface area contributed by atoms with Gasteiger partial charge in [-0.1, -0.05) is 30.7 Å². The Bertz CT molecular complexity index is 1300. The summed E-state index contributed by atoms with van der Waals surface area (Å²) < 4.78 is 16.6. The lowest BCUT2D eigenvalue weighted by molar-refractivity contribution is -0.138. The van der Waals surface area contributed by atoms with E-state index in [0.29, 0.717) is 47.6 Å². The number of thioether (sulfide) groups is 1. The van der Waals surface area contributed by atoms with Crippen LogP contribution in [0.1, 0.15) is 56.6 Å². The number of carbonyl (C=O) groups is 2. The zero-order valence-electron chi connectivity index (χ0n) is 22.6. The van der Waals surface area contributed by atoms with E-state index in [2.05, 4.69) is 5.32 Å². The van der Waals surface area contributed by atoms with Gasteiger partial charge in [0.15, 0.2) is 17.3 Å². The zero-order valence-corrected chi connectivity index (χ0v) is 24.2. The van der Waals surface area contributed by atoms with E-state index in [4.69, 9.17) is 25.8 Å². The molecule has 1 heterocycles. The predicted octanol–water partition coefficient (Wildman–Crippen LogP) is 6.11. The molecule has 1 aliphatic heterocycles. The molecule has 0 spiro atoms. The quantitative estimate of drug-likeness (QED) is 0.260. The van der Waals surface area contributed by atoms with Crippen molar-refractivity contribution in [2.75, 3.05) is 31.8 Å². The van der Waals surface area contributed by atoms with Crippen molar-refractivity contribution in [2.24, 2.45) is 0 Å². The monoisotopic (exact) mass is 571 g/mol. The van der Waals surface area contributed by atoms with Crippen molar-refractivity contribution in [3.63, 3.8) is 0 Å². The van der Waals surface area contributed by atoms with Crippen molar-refractivity contribution in [1.82, 2.24) is 5.32 Å². The second kappa shape index (κ2) is 12.8. The molecule has 0 aromatic heterocycles. The molecule has 2 aliphatic rings. The number of dihydropyridines is 1. The molecule has 208 valence electrons. The van der Waals surface area contributed by atoms with Crippen LogP contribution in [-0.4, -0.2) is 48.7 Å². The maximum Gasteiger partial charge on any atom is 0.336 e. The molecule has 1 aliphatic carbocycles. The first-order valence-corrected chi connectivity index (χ1v) is 14.6. The van der Waals surface area contributed by atoms with Gasteiger partial charge >= 0.3 is 5.97 Å². The highest BCUT2D eigenvalue weighted by Crippen LogP contribution is 2.48. The third-order valence-electron chi connectivity index (χ3n) is 6.98. The van der Waals surface area contributed by atoms with Crippen molar-refractivity contribution >= 4 is 35.1 Å². The number of ether oxygens (including phenoxy) is 3. The Kier molecular flexibility index (Phi) is 9.51. The number of carbonyl (C=O) groups excluding carboxylic acids is 2. The lowest BCUT2D eigenvalue weighted by Gasteiger charge is -2.37. The van der Waals surface area contributed by atoms with Gasteiger partial charge in [-0.2, -0.15) is 11.8 Å². The first-order chi connectivity index (χ1) is 18.8. The van der Waals surface area contributed by atoms with Crippen LogP contribution in [0.25, 0.3) is 0 Å². The SMILES string of the molecule is CCOc1cc([C@H]2C(C(=O)OCCSCC)=C(C)NC3=C2C(=O)C[C@H](c2ccc(OC)cc2)C3)cc(Cl)c1O. The van der Waals surface area contributed by atoms with Crippen molar-refractivity contribution in [3.8, 4) is 17.2 Å². The van der Waals surface area contributed by atoms with Gasteiger partial charge in [0.25, 0.3) is 0 Å². The molecule has 0 amide bonds. The molecule has 9 heteroatoms. The van der Waals surface area contributed by atoms with Gasteiger partial charge in [0.2, 0.25) is 0 Å². The fraction of sp³-hybridized carbons (Fsp3) is 0.400. The Hall–Kier alpha value is -3.10. The minimum absolute atomic E-state index is 0.0231. The molecule has 0 saturated carbocycles. The van der Waals surface area contributed by atoms with Gasteiger partial charge in [0.05, 0.1) is 24.3 Å². The maximum atomic E-state index is 13.8. The van der Waals surface area contributed by atoms with Gasteiger partial charge in [-0.15, -0.1) is 0 Å². The Balaban J connectivity index is 1.77. The van der Waals surface area contributed by atoms with Gasteiger partial charge in [-0.05, 0) is 67.3 Å². The molecule has 2 aromatic carbocycles. The normalized spacial score (nSPS) is 18.9. The summed E-state index contributed by atoms with van der Waals surface area (Å²) in [6.07, 6.45) is 0.892. The Morgan fingerprint density at radius 3 is 2.56 bits per heavy atom. The van der Waals surface area contributed by atoms with Crippen LogP contribution in [0.15, 0.2) is 58.9 Å². The van der Waals surface area contributed by atoms with E-state index in [1.807, 2.05) is 38.1 Å². The summed E-state index contributed by atoms with van der Waals surface area (Å²) in [5.41, 5.74) is 3.90. The van der Waals surface area contributed by atoms with E-state index in [9.17, 15) is 14.7 Å². The molecule has 2 aromatic rings. The maximum absolute atomic E-state index is 13.8. The molecule has 0 unspecified atom stereocenters. The minimum atomic E-state index is -0.714. The van der Waals surface area contributed by atoms with Crippen molar-refractivity contribution in [1.29, 1.82) is 0 Å². The summed E-state index contributed by atoms with van der Waals surface area (Å²) in [5, 5.41) is 13.9. The smallest absolute Gasteiger partial charge is 0.336 e. The van der Waals surface area contributed by atoms with Crippen LogP contribution < -0.4 is 14.8 Å². The number of phenolic OH excluding ortho intramolecular Hbond substituents is 1. The van der Waals surface area contributed by atoms with Crippen LogP contribution in [0.2, 0.25) is 5.02 Å². The Morgan fingerprint density at radius 2 is 1.90 bits per heavy atom. The number of allylic oxidation sites excluding steroid dienone is 3. The highest BCUT2D eigenvalue weighted by atomic mass is 35.5. The number of Topliss-reactive ketones (excluding diaryl/α,β-unsaturated/α-hetero) is 1. The highest BCUT2D eigenvalue weighted by molar-refractivity contribution is 7.99. The predicted molar refractivity (Wildman–Crippen MR) is 154 cm³/mol. The van der Waals surface area contributed by atoms with Crippen molar-refractivity contribution in [3.05, 3.63) is 75.1 Å². The van der Waals surface area contributed by atoms with E-state index in [0.717, 1.165) is 22.8 Å². The van der Waals surface area contributed by atoms with Gasteiger partial charge in [0, 0.05) is 35.1 Å². The molecule has 0 fully saturated rings. The average Bonchev–Trinajstić information content (AvgIpc) is 2.92. The molecule has 0 saturated heterocycles. The van der Waals surface area contributed by atoms with Crippen LogP contribution in [0.5, 0.6) is 17.2 Å². The first kappa shape index (κ1) is 28.9. The van der Waals surface area contributed by atoms with Gasteiger partial charge in [-0.3, -0.25) is 4.79 Å². The number of hydrogen-bond acceptors (Lipinski definition) is 8. The summed E-state index contributed by atoms with van der Waals surface area (Å²) in [4.78, 5) is 27.3. The summed E-state index contributed by atoms with van der Waals surface area (Å²) in [6, 6.07) is 11.0. The van der Waals surface area contributed by atoms with Crippen LogP contribution in [0, 0.1) is 0 Å². The second-order valence-corrected chi connectivity index (χ2v) is 11.2. The van der Waals surface area contributed by atoms with Crippen molar-refractivity contribution < 1.29 is 28.9 Å². The summed E-state index contributed by atoms with van der Waals surface area (Å²) in [6.45, 7) is 6.25. The molecule has 2 atom stereocenters. The number of ketones is 1. The summed E-state index contributed by atoms with van der Waals surface area (Å²) in [5.74, 6) is 1.10. The molecule has 0 bridgehead atoms. The number of rotatable bonds is 10. The Morgan fingerprint density at radius 1 is 1.15 bits per heavy atom. The summed E-state index contributed by atoms with van der Waals surface area (Å²) >= 11 is 8.09. The lowest BCUT2D eigenvalue weighted by Crippen LogP contribution is -2.36. The van der Waals surface area contributed by atoms with E-state index >= 15 is 0 Å². The lowest BCUT2D eigenvalue weighted by atomic mass is 9.71. The van der Waals surface area contributed by atoms with E-state index in [1.165, 1.54) is 0 Å². The van der Waals surface area contributed by atoms with E-state index < -0.39 is 11.9 Å². The second-order valence-electron chi connectivity index (χ2n) is 9.41. The molecular weight excluding hydrogens is 538 g/mol. The average molecular weight is 572 g/mol. The van der Waals surface area contributed by atoms with Gasteiger partial charge in [0.1, 0.15) is 12.4 Å². The zero-order chi connectivity index (χ0) is 28.1.